The van der Waals surface area contributed by atoms with Crippen molar-refractivity contribution in [3.63, 3.8) is 0 Å². The molecule has 0 unspecified atom stereocenters. The lowest BCUT2D eigenvalue weighted by Gasteiger charge is -2.20. The zero-order valence-electron chi connectivity index (χ0n) is 18.2. The molecule has 4 rings (SSSR count). The SMILES string of the molecule is COc1ccc(-n2c(O)c(C=NC[C@@H](c3ccco3)N(C)C)c3ccccc3c2=O)cc1. The van der Waals surface area contributed by atoms with Crippen molar-refractivity contribution in [2.45, 2.75) is 6.04 Å². The summed E-state index contributed by atoms with van der Waals surface area (Å²) in [5.74, 6) is 1.31. The molecular weight excluding hydrogens is 406 g/mol. The number of aromatic hydroxyl groups is 1. The summed E-state index contributed by atoms with van der Waals surface area (Å²) in [4.78, 5) is 19.8. The number of hydrogen-bond donors (Lipinski definition) is 1. The fourth-order valence-electron chi connectivity index (χ4n) is 3.69. The lowest BCUT2D eigenvalue weighted by molar-refractivity contribution is 0.265. The van der Waals surface area contributed by atoms with Gasteiger partial charge in [-0.2, -0.15) is 0 Å². The second kappa shape index (κ2) is 9.11. The molecule has 2 aromatic carbocycles. The molecule has 164 valence electrons. The molecule has 1 atom stereocenters. The number of ether oxygens (including phenoxy) is 1. The first-order valence-corrected chi connectivity index (χ1v) is 10.2. The summed E-state index contributed by atoms with van der Waals surface area (Å²) >= 11 is 0. The van der Waals surface area contributed by atoms with Crippen LogP contribution in [0.3, 0.4) is 0 Å². The van der Waals surface area contributed by atoms with Crippen molar-refractivity contribution in [2.24, 2.45) is 4.99 Å². The monoisotopic (exact) mass is 431 g/mol. The van der Waals surface area contributed by atoms with Crippen LogP contribution in [-0.4, -0.2) is 48.5 Å². The summed E-state index contributed by atoms with van der Waals surface area (Å²) in [5, 5.41) is 12.3. The average molecular weight is 431 g/mol. The van der Waals surface area contributed by atoms with E-state index >= 15 is 0 Å². The van der Waals surface area contributed by atoms with E-state index in [2.05, 4.69) is 4.99 Å². The molecular formula is C25H25N3O4. The Kier molecular flexibility index (Phi) is 6.09. The van der Waals surface area contributed by atoms with Crippen LogP contribution in [0.15, 0.2) is 81.1 Å². The number of fused-ring (bicyclic) bond motifs is 1. The van der Waals surface area contributed by atoms with Crippen LogP contribution >= 0.6 is 0 Å². The first kappa shape index (κ1) is 21.4. The first-order chi connectivity index (χ1) is 15.5. The van der Waals surface area contributed by atoms with Crippen molar-refractivity contribution >= 4 is 17.0 Å². The Morgan fingerprint density at radius 1 is 1.09 bits per heavy atom. The quantitative estimate of drug-likeness (QED) is 0.447. The molecule has 7 nitrogen and oxygen atoms in total. The van der Waals surface area contributed by atoms with E-state index in [1.165, 1.54) is 4.57 Å². The van der Waals surface area contributed by atoms with Gasteiger partial charge in [0.15, 0.2) is 0 Å². The van der Waals surface area contributed by atoms with Crippen LogP contribution < -0.4 is 10.3 Å². The second-order valence-electron chi connectivity index (χ2n) is 7.61. The zero-order valence-corrected chi connectivity index (χ0v) is 18.2. The lowest BCUT2D eigenvalue weighted by atomic mass is 10.1. The number of methoxy groups -OCH3 is 1. The van der Waals surface area contributed by atoms with Gasteiger partial charge in [0.25, 0.3) is 5.56 Å². The van der Waals surface area contributed by atoms with E-state index in [0.717, 1.165) is 5.76 Å². The molecule has 4 aromatic rings. The highest BCUT2D eigenvalue weighted by Gasteiger charge is 2.18. The van der Waals surface area contributed by atoms with Crippen LogP contribution in [0.2, 0.25) is 0 Å². The van der Waals surface area contributed by atoms with Gasteiger partial charge in [-0.1, -0.05) is 18.2 Å². The van der Waals surface area contributed by atoms with Crippen LogP contribution in [0.5, 0.6) is 11.6 Å². The molecule has 0 saturated heterocycles. The van der Waals surface area contributed by atoms with E-state index in [0.29, 0.717) is 34.3 Å². The molecule has 32 heavy (non-hydrogen) atoms. The Bertz CT molecular complexity index is 1290. The van der Waals surface area contributed by atoms with Gasteiger partial charge >= 0.3 is 0 Å². The van der Waals surface area contributed by atoms with Gasteiger partial charge in [-0.3, -0.25) is 14.7 Å². The summed E-state index contributed by atoms with van der Waals surface area (Å²) < 4.78 is 12.0. The summed E-state index contributed by atoms with van der Waals surface area (Å²) in [6.45, 7) is 0.427. The first-order valence-electron chi connectivity index (χ1n) is 10.2. The molecule has 0 radical (unpaired) electrons. The topological polar surface area (TPSA) is 80.2 Å². The number of benzene rings is 2. The van der Waals surface area contributed by atoms with Gasteiger partial charge in [0.2, 0.25) is 5.88 Å². The number of pyridine rings is 1. The van der Waals surface area contributed by atoms with E-state index in [-0.39, 0.29) is 17.5 Å². The van der Waals surface area contributed by atoms with Crippen molar-refractivity contribution < 1.29 is 14.3 Å². The van der Waals surface area contributed by atoms with E-state index in [1.54, 1.807) is 56.0 Å². The second-order valence-corrected chi connectivity index (χ2v) is 7.61. The van der Waals surface area contributed by atoms with Crippen molar-refractivity contribution in [1.29, 1.82) is 0 Å². The minimum Gasteiger partial charge on any atom is -0.497 e. The highest BCUT2D eigenvalue weighted by atomic mass is 16.5. The van der Waals surface area contributed by atoms with Crippen LogP contribution in [0.25, 0.3) is 16.5 Å². The third-order valence-electron chi connectivity index (χ3n) is 5.43. The number of hydrogen-bond acceptors (Lipinski definition) is 6. The Morgan fingerprint density at radius 3 is 2.44 bits per heavy atom. The Hall–Kier alpha value is -3.84. The molecule has 0 fully saturated rings. The van der Waals surface area contributed by atoms with Crippen LogP contribution in [0, 0.1) is 0 Å². The van der Waals surface area contributed by atoms with Crippen LogP contribution in [0.1, 0.15) is 17.4 Å². The summed E-state index contributed by atoms with van der Waals surface area (Å²) in [5.41, 5.74) is 0.714. The minimum absolute atomic E-state index is 0.0536. The predicted octanol–water partition coefficient (Wildman–Crippen LogP) is 4.02. The van der Waals surface area contributed by atoms with Crippen molar-refractivity contribution in [3.8, 4) is 17.3 Å². The number of likely N-dealkylation sites (N-methyl/N-ethyl adjacent to an activating group) is 1. The van der Waals surface area contributed by atoms with Crippen LogP contribution in [-0.2, 0) is 0 Å². The fraction of sp³-hybridized carbons (Fsp3) is 0.200. The lowest BCUT2D eigenvalue weighted by Crippen LogP contribution is -2.22. The van der Waals surface area contributed by atoms with Crippen LogP contribution in [0.4, 0.5) is 0 Å². The Labute approximate surface area is 185 Å². The maximum atomic E-state index is 13.2. The highest BCUT2D eigenvalue weighted by molar-refractivity contribution is 6.01. The van der Waals surface area contributed by atoms with Gasteiger partial charge in [0.05, 0.1) is 37.2 Å². The van der Waals surface area contributed by atoms with E-state index < -0.39 is 0 Å². The third-order valence-corrected chi connectivity index (χ3v) is 5.43. The molecule has 0 amide bonds. The van der Waals surface area contributed by atoms with Gasteiger partial charge in [0, 0.05) is 17.0 Å². The van der Waals surface area contributed by atoms with Crippen molar-refractivity contribution in [1.82, 2.24) is 9.47 Å². The molecule has 0 spiro atoms. The Balaban J connectivity index is 1.80. The highest BCUT2D eigenvalue weighted by Crippen LogP contribution is 2.27. The molecule has 7 heteroatoms. The van der Waals surface area contributed by atoms with Crippen molar-refractivity contribution in [3.05, 3.63) is 88.6 Å². The summed E-state index contributed by atoms with van der Waals surface area (Å²) in [6, 6.07) is 17.9. The third kappa shape index (κ3) is 4.02. The number of aromatic nitrogens is 1. The Morgan fingerprint density at radius 2 is 1.81 bits per heavy atom. The van der Waals surface area contributed by atoms with E-state index in [9.17, 15) is 9.90 Å². The largest absolute Gasteiger partial charge is 0.497 e. The summed E-state index contributed by atoms with van der Waals surface area (Å²) in [6.07, 6.45) is 3.26. The van der Waals surface area contributed by atoms with Gasteiger partial charge in [-0.05, 0) is 56.6 Å². The molecule has 0 bridgehead atoms. The minimum atomic E-state index is -0.304. The molecule has 0 aliphatic rings. The average Bonchev–Trinajstić information content (AvgIpc) is 3.33. The van der Waals surface area contributed by atoms with Gasteiger partial charge in [-0.25, -0.2) is 4.57 Å². The molecule has 0 aliphatic carbocycles. The maximum Gasteiger partial charge on any atom is 0.265 e. The number of nitrogens with zero attached hydrogens (tertiary/aromatic N) is 3. The number of furan rings is 1. The molecule has 1 N–H and O–H groups in total. The molecule has 2 aromatic heterocycles. The smallest absolute Gasteiger partial charge is 0.265 e. The van der Waals surface area contributed by atoms with Gasteiger partial charge in [-0.15, -0.1) is 0 Å². The normalized spacial score (nSPS) is 12.6. The zero-order chi connectivity index (χ0) is 22.7. The number of aliphatic imine (C=N–C) groups is 1. The standard InChI is InChI=1S/C25H25N3O4/c1-27(2)22(23-9-6-14-32-23)16-26-15-21-19-7-4-5-8-20(19)24(29)28(25(21)30)17-10-12-18(31-3)13-11-17/h4-15,22,30H,16H2,1-3H3/t22-/m0/s1. The van der Waals surface area contributed by atoms with Gasteiger partial charge in [0.1, 0.15) is 11.5 Å². The number of rotatable bonds is 7. The fourth-order valence-corrected chi connectivity index (χ4v) is 3.69. The molecule has 0 aliphatic heterocycles. The van der Waals surface area contributed by atoms with E-state index in [4.69, 9.17) is 9.15 Å². The van der Waals surface area contributed by atoms with E-state index in [1.807, 2.05) is 43.3 Å². The predicted molar refractivity (Wildman–Crippen MR) is 125 cm³/mol. The summed E-state index contributed by atoms with van der Waals surface area (Å²) in [7, 11) is 5.49. The molecule has 0 saturated carbocycles. The molecule has 2 heterocycles. The van der Waals surface area contributed by atoms with Gasteiger partial charge < -0.3 is 14.3 Å². The maximum absolute atomic E-state index is 13.2. The van der Waals surface area contributed by atoms with Crippen molar-refractivity contribution in [2.75, 3.05) is 27.7 Å².